The van der Waals surface area contributed by atoms with E-state index in [2.05, 4.69) is 26.2 Å². The summed E-state index contributed by atoms with van der Waals surface area (Å²) < 4.78 is 2.71. The van der Waals surface area contributed by atoms with E-state index in [1.807, 2.05) is 31.2 Å². The van der Waals surface area contributed by atoms with Gasteiger partial charge in [0, 0.05) is 16.6 Å². The number of hydrogen-bond acceptors (Lipinski definition) is 3. The van der Waals surface area contributed by atoms with Gasteiger partial charge in [-0.1, -0.05) is 33.3 Å². The van der Waals surface area contributed by atoms with Crippen molar-refractivity contribution >= 4 is 21.7 Å². The molecule has 78 valence electrons. The van der Waals surface area contributed by atoms with Crippen LogP contribution in [0.4, 0.5) is 5.82 Å². The van der Waals surface area contributed by atoms with Crippen LogP contribution in [-0.4, -0.2) is 15.0 Å². The molecule has 0 aliphatic rings. The van der Waals surface area contributed by atoms with Gasteiger partial charge in [-0.25, -0.2) is 4.68 Å². The topological polar surface area (TPSA) is 56.7 Å². The van der Waals surface area contributed by atoms with Crippen LogP contribution in [0.2, 0.25) is 0 Å². The van der Waals surface area contributed by atoms with E-state index in [0.29, 0.717) is 5.82 Å². The molecule has 0 spiro atoms. The highest BCUT2D eigenvalue weighted by Crippen LogP contribution is 2.24. The summed E-state index contributed by atoms with van der Waals surface area (Å²) in [5, 5.41) is 8.02. The number of benzene rings is 1. The minimum absolute atomic E-state index is 0.611. The van der Waals surface area contributed by atoms with Gasteiger partial charge in [-0.3, -0.25) is 0 Å². The lowest BCUT2D eigenvalue weighted by Gasteiger charge is -2.00. The number of hydrogen-bond donors (Lipinski definition) is 1. The monoisotopic (exact) mass is 266 g/mol. The van der Waals surface area contributed by atoms with Crippen LogP contribution in [0.25, 0.3) is 11.3 Å². The van der Waals surface area contributed by atoms with Crippen LogP contribution in [0.1, 0.15) is 6.92 Å². The Labute approximate surface area is 96.2 Å². The molecule has 0 saturated heterocycles. The van der Waals surface area contributed by atoms with Crippen molar-refractivity contribution in [3.63, 3.8) is 0 Å². The van der Waals surface area contributed by atoms with Crippen LogP contribution < -0.4 is 5.73 Å². The summed E-state index contributed by atoms with van der Waals surface area (Å²) in [6.45, 7) is 2.71. The summed E-state index contributed by atoms with van der Waals surface area (Å²) in [7, 11) is 0. The molecule has 2 rings (SSSR count). The van der Waals surface area contributed by atoms with Crippen molar-refractivity contribution in [1.82, 2.24) is 15.0 Å². The number of aryl methyl sites for hydroxylation is 1. The molecule has 0 aliphatic carbocycles. The second-order valence-electron chi connectivity index (χ2n) is 3.15. The summed E-state index contributed by atoms with van der Waals surface area (Å²) in [4.78, 5) is 0. The SMILES string of the molecule is CCn1nnc(-c2ccc(Br)cc2)c1N. The second-order valence-corrected chi connectivity index (χ2v) is 4.06. The Morgan fingerprint density at radius 2 is 2.00 bits per heavy atom. The normalized spacial score (nSPS) is 10.5. The van der Waals surface area contributed by atoms with Crippen LogP contribution in [0.3, 0.4) is 0 Å². The Morgan fingerprint density at radius 3 is 2.53 bits per heavy atom. The first-order valence-electron chi connectivity index (χ1n) is 4.67. The molecule has 2 N–H and O–H groups in total. The maximum Gasteiger partial charge on any atom is 0.150 e. The van der Waals surface area contributed by atoms with Crippen molar-refractivity contribution in [2.24, 2.45) is 0 Å². The number of anilines is 1. The van der Waals surface area contributed by atoms with E-state index >= 15 is 0 Å². The number of nitrogen functional groups attached to an aromatic ring is 1. The second kappa shape index (κ2) is 4.02. The predicted octanol–water partition coefficient (Wildman–Crippen LogP) is 2.31. The van der Waals surface area contributed by atoms with Gasteiger partial charge in [-0.2, -0.15) is 0 Å². The maximum absolute atomic E-state index is 5.91. The average molecular weight is 267 g/mol. The minimum Gasteiger partial charge on any atom is -0.382 e. The Hall–Kier alpha value is -1.36. The van der Waals surface area contributed by atoms with E-state index in [0.717, 1.165) is 22.3 Å². The molecular formula is C10H11BrN4. The standard InChI is InChI=1S/C10H11BrN4/c1-2-15-10(12)9(13-14-15)7-3-5-8(11)6-4-7/h3-6H,2,12H2,1H3. The number of halogens is 1. The lowest BCUT2D eigenvalue weighted by molar-refractivity contribution is 0.635. The molecule has 0 saturated carbocycles. The fourth-order valence-corrected chi connectivity index (χ4v) is 1.63. The van der Waals surface area contributed by atoms with Crippen molar-refractivity contribution in [3.05, 3.63) is 28.7 Å². The lowest BCUT2D eigenvalue weighted by atomic mass is 10.1. The van der Waals surface area contributed by atoms with Crippen molar-refractivity contribution in [1.29, 1.82) is 0 Å². The summed E-state index contributed by atoms with van der Waals surface area (Å²) in [6, 6.07) is 7.84. The molecule has 0 amide bonds. The highest BCUT2D eigenvalue weighted by atomic mass is 79.9. The van der Waals surface area contributed by atoms with Gasteiger partial charge in [0.1, 0.15) is 11.5 Å². The first-order valence-corrected chi connectivity index (χ1v) is 5.46. The van der Waals surface area contributed by atoms with Crippen LogP contribution in [0.5, 0.6) is 0 Å². The van der Waals surface area contributed by atoms with Gasteiger partial charge < -0.3 is 5.73 Å². The highest BCUT2D eigenvalue weighted by Gasteiger charge is 2.09. The van der Waals surface area contributed by atoms with Crippen molar-refractivity contribution in [3.8, 4) is 11.3 Å². The zero-order valence-corrected chi connectivity index (χ0v) is 9.90. The van der Waals surface area contributed by atoms with Crippen LogP contribution >= 0.6 is 15.9 Å². The molecule has 0 atom stereocenters. The Morgan fingerprint density at radius 1 is 1.33 bits per heavy atom. The number of rotatable bonds is 2. The third-order valence-electron chi connectivity index (χ3n) is 2.19. The third-order valence-corrected chi connectivity index (χ3v) is 2.72. The highest BCUT2D eigenvalue weighted by molar-refractivity contribution is 9.10. The van der Waals surface area contributed by atoms with E-state index in [1.54, 1.807) is 4.68 Å². The quantitative estimate of drug-likeness (QED) is 0.908. The minimum atomic E-state index is 0.611. The molecule has 4 nitrogen and oxygen atoms in total. The molecule has 1 heterocycles. The Bertz CT molecular complexity index is 461. The van der Waals surface area contributed by atoms with Crippen LogP contribution in [-0.2, 0) is 6.54 Å². The molecule has 2 aromatic rings. The molecular weight excluding hydrogens is 256 g/mol. The Kier molecular flexibility index (Phi) is 2.73. The Balaban J connectivity index is 2.45. The molecule has 0 radical (unpaired) electrons. The van der Waals surface area contributed by atoms with E-state index in [9.17, 15) is 0 Å². The van der Waals surface area contributed by atoms with Gasteiger partial charge in [-0.05, 0) is 19.1 Å². The van der Waals surface area contributed by atoms with Gasteiger partial charge in [-0.15, -0.1) is 5.10 Å². The number of aromatic nitrogens is 3. The zero-order valence-electron chi connectivity index (χ0n) is 8.31. The third kappa shape index (κ3) is 1.87. The van der Waals surface area contributed by atoms with E-state index in [-0.39, 0.29) is 0 Å². The maximum atomic E-state index is 5.91. The predicted molar refractivity (Wildman–Crippen MR) is 63.2 cm³/mol. The van der Waals surface area contributed by atoms with Crippen LogP contribution in [0.15, 0.2) is 28.7 Å². The summed E-state index contributed by atoms with van der Waals surface area (Å²) in [5.41, 5.74) is 7.63. The number of nitrogens with zero attached hydrogens (tertiary/aromatic N) is 3. The summed E-state index contributed by atoms with van der Waals surface area (Å²) in [6.07, 6.45) is 0. The van der Waals surface area contributed by atoms with Gasteiger partial charge in [0.2, 0.25) is 0 Å². The summed E-state index contributed by atoms with van der Waals surface area (Å²) in [5.74, 6) is 0.611. The summed E-state index contributed by atoms with van der Waals surface area (Å²) >= 11 is 3.38. The average Bonchev–Trinajstić information content (AvgIpc) is 2.61. The smallest absolute Gasteiger partial charge is 0.150 e. The largest absolute Gasteiger partial charge is 0.382 e. The molecule has 0 bridgehead atoms. The van der Waals surface area contributed by atoms with Gasteiger partial charge >= 0.3 is 0 Å². The molecule has 0 fully saturated rings. The first-order chi connectivity index (χ1) is 7.22. The van der Waals surface area contributed by atoms with Crippen molar-refractivity contribution < 1.29 is 0 Å². The van der Waals surface area contributed by atoms with Crippen molar-refractivity contribution in [2.75, 3.05) is 5.73 Å². The van der Waals surface area contributed by atoms with Gasteiger partial charge in [0.05, 0.1) is 0 Å². The first kappa shape index (κ1) is 10.2. The van der Waals surface area contributed by atoms with E-state index in [1.165, 1.54) is 0 Å². The molecule has 1 aromatic carbocycles. The molecule has 0 unspecified atom stereocenters. The van der Waals surface area contributed by atoms with E-state index < -0.39 is 0 Å². The zero-order chi connectivity index (χ0) is 10.8. The fraction of sp³-hybridized carbons (Fsp3) is 0.200. The molecule has 1 aromatic heterocycles. The fourth-order valence-electron chi connectivity index (χ4n) is 1.37. The van der Waals surface area contributed by atoms with Crippen LogP contribution in [0, 0.1) is 0 Å². The molecule has 15 heavy (non-hydrogen) atoms. The van der Waals surface area contributed by atoms with Crippen molar-refractivity contribution in [2.45, 2.75) is 13.5 Å². The molecule has 5 heteroatoms. The lowest BCUT2D eigenvalue weighted by Crippen LogP contribution is -2.02. The van der Waals surface area contributed by atoms with E-state index in [4.69, 9.17) is 5.73 Å². The molecule has 0 aliphatic heterocycles. The number of nitrogens with two attached hydrogens (primary N) is 1. The van der Waals surface area contributed by atoms with Gasteiger partial charge in [0.15, 0.2) is 0 Å². The van der Waals surface area contributed by atoms with Gasteiger partial charge in [0.25, 0.3) is 0 Å².